The lowest BCUT2D eigenvalue weighted by atomic mass is 10.2. The zero-order chi connectivity index (χ0) is 15.2. The van der Waals surface area contributed by atoms with Gasteiger partial charge in [-0.2, -0.15) is 0 Å². The van der Waals surface area contributed by atoms with Gasteiger partial charge >= 0.3 is 5.97 Å². The fourth-order valence-corrected chi connectivity index (χ4v) is 2.89. The van der Waals surface area contributed by atoms with E-state index in [1.807, 2.05) is 13.8 Å². The highest BCUT2D eigenvalue weighted by Crippen LogP contribution is 2.13. The van der Waals surface area contributed by atoms with E-state index in [9.17, 15) is 13.2 Å². The van der Waals surface area contributed by atoms with E-state index in [4.69, 9.17) is 4.74 Å². The normalized spacial score (nSPS) is 11.4. The van der Waals surface area contributed by atoms with Crippen molar-refractivity contribution >= 4 is 21.7 Å². The van der Waals surface area contributed by atoms with Crippen molar-refractivity contribution in [1.82, 2.24) is 0 Å². The first kappa shape index (κ1) is 16.5. The third-order valence-corrected chi connectivity index (χ3v) is 3.95. The van der Waals surface area contributed by atoms with Gasteiger partial charge in [-0.25, -0.2) is 13.2 Å². The predicted octanol–water partition coefficient (Wildman–Crippen LogP) is 2.65. The molecule has 0 aliphatic rings. The molecule has 0 radical (unpaired) electrons. The van der Waals surface area contributed by atoms with Gasteiger partial charge in [-0.3, -0.25) is 4.72 Å². The topological polar surface area (TPSA) is 72.5 Å². The van der Waals surface area contributed by atoms with Crippen molar-refractivity contribution in [2.24, 2.45) is 5.92 Å². The SMILES string of the molecule is CCOC(=O)c1ccc(NS(=O)(=O)CCC(C)C)cc1. The van der Waals surface area contributed by atoms with Gasteiger partial charge in [0.15, 0.2) is 0 Å². The van der Waals surface area contributed by atoms with E-state index in [0.29, 0.717) is 30.2 Å². The molecule has 0 heterocycles. The van der Waals surface area contributed by atoms with E-state index >= 15 is 0 Å². The van der Waals surface area contributed by atoms with Crippen LogP contribution in [0.3, 0.4) is 0 Å². The van der Waals surface area contributed by atoms with Crippen LogP contribution in [0.5, 0.6) is 0 Å². The summed E-state index contributed by atoms with van der Waals surface area (Å²) in [6.07, 6.45) is 0.607. The molecule has 0 bridgehead atoms. The van der Waals surface area contributed by atoms with Gasteiger partial charge in [-0.15, -0.1) is 0 Å². The second-order valence-corrected chi connectivity index (χ2v) is 6.74. The molecule has 1 N–H and O–H groups in total. The minimum absolute atomic E-state index is 0.0876. The van der Waals surface area contributed by atoms with Crippen LogP contribution in [-0.4, -0.2) is 26.7 Å². The first-order chi connectivity index (χ1) is 9.34. The zero-order valence-corrected chi connectivity index (χ0v) is 12.9. The molecule has 6 heteroatoms. The summed E-state index contributed by atoms with van der Waals surface area (Å²) in [5.74, 6) is 0.00378. The molecule has 0 aliphatic heterocycles. The number of sulfonamides is 1. The number of carbonyl (C=O) groups excluding carboxylic acids is 1. The van der Waals surface area contributed by atoms with E-state index in [1.54, 1.807) is 19.1 Å². The Morgan fingerprint density at radius 1 is 1.25 bits per heavy atom. The maximum Gasteiger partial charge on any atom is 0.338 e. The van der Waals surface area contributed by atoms with Crippen molar-refractivity contribution in [3.8, 4) is 0 Å². The molecule has 0 atom stereocenters. The Morgan fingerprint density at radius 2 is 1.85 bits per heavy atom. The lowest BCUT2D eigenvalue weighted by Crippen LogP contribution is -2.18. The quantitative estimate of drug-likeness (QED) is 0.786. The van der Waals surface area contributed by atoms with Gasteiger partial charge in [-0.1, -0.05) is 13.8 Å². The number of ether oxygens (including phenoxy) is 1. The van der Waals surface area contributed by atoms with E-state index in [1.165, 1.54) is 12.1 Å². The van der Waals surface area contributed by atoms with Crippen LogP contribution in [0.1, 0.15) is 37.6 Å². The Kier molecular flexibility index (Phi) is 6.01. The molecule has 112 valence electrons. The number of anilines is 1. The highest BCUT2D eigenvalue weighted by Gasteiger charge is 2.12. The molecular formula is C14H21NO4S. The van der Waals surface area contributed by atoms with Gasteiger partial charge in [0, 0.05) is 5.69 Å². The number of nitrogens with one attached hydrogen (secondary N) is 1. The molecule has 1 aromatic rings. The minimum Gasteiger partial charge on any atom is -0.462 e. The first-order valence-electron chi connectivity index (χ1n) is 6.61. The lowest BCUT2D eigenvalue weighted by molar-refractivity contribution is 0.0526. The summed E-state index contributed by atoms with van der Waals surface area (Å²) in [5, 5.41) is 0. The van der Waals surface area contributed by atoms with Gasteiger partial charge in [0.1, 0.15) is 0 Å². The third-order valence-electron chi connectivity index (χ3n) is 2.63. The summed E-state index contributed by atoms with van der Waals surface area (Å²) in [6, 6.07) is 6.19. The number of esters is 1. The first-order valence-corrected chi connectivity index (χ1v) is 8.27. The van der Waals surface area contributed by atoms with Crippen LogP contribution in [0, 0.1) is 5.92 Å². The Hall–Kier alpha value is -1.56. The molecular weight excluding hydrogens is 278 g/mol. The zero-order valence-electron chi connectivity index (χ0n) is 12.0. The van der Waals surface area contributed by atoms with Crippen LogP contribution in [0.15, 0.2) is 24.3 Å². The molecule has 0 saturated heterocycles. The number of hydrogen-bond acceptors (Lipinski definition) is 4. The largest absolute Gasteiger partial charge is 0.462 e. The Labute approximate surface area is 120 Å². The molecule has 0 saturated carbocycles. The maximum atomic E-state index is 11.8. The van der Waals surface area contributed by atoms with E-state index in [0.717, 1.165) is 0 Å². The average molecular weight is 299 g/mol. The summed E-state index contributed by atoms with van der Waals surface area (Å²) in [7, 11) is -3.34. The van der Waals surface area contributed by atoms with Crippen molar-refractivity contribution in [2.45, 2.75) is 27.2 Å². The third kappa shape index (κ3) is 5.61. The second-order valence-electron chi connectivity index (χ2n) is 4.90. The van der Waals surface area contributed by atoms with Crippen LogP contribution in [0.2, 0.25) is 0 Å². The van der Waals surface area contributed by atoms with E-state index in [2.05, 4.69) is 4.72 Å². The number of benzene rings is 1. The molecule has 20 heavy (non-hydrogen) atoms. The monoisotopic (exact) mass is 299 g/mol. The lowest BCUT2D eigenvalue weighted by Gasteiger charge is -2.09. The van der Waals surface area contributed by atoms with Crippen LogP contribution in [-0.2, 0) is 14.8 Å². The van der Waals surface area contributed by atoms with Gasteiger partial charge in [0.2, 0.25) is 10.0 Å². The summed E-state index contributed by atoms with van der Waals surface area (Å²) in [4.78, 5) is 11.5. The molecule has 0 fully saturated rings. The van der Waals surface area contributed by atoms with Gasteiger partial charge < -0.3 is 4.74 Å². The highest BCUT2D eigenvalue weighted by atomic mass is 32.2. The van der Waals surface area contributed by atoms with Crippen molar-refractivity contribution in [2.75, 3.05) is 17.1 Å². The Morgan fingerprint density at radius 3 is 2.35 bits per heavy atom. The molecule has 5 nitrogen and oxygen atoms in total. The highest BCUT2D eigenvalue weighted by molar-refractivity contribution is 7.92. The molecule has 0 aromatic heterocycles. The molecule has 0 amide bonds. The molecule has 0 aliphatic carbocycles. The fourth-order valence-electron chi connectivity index (χ4n) is 1.51. The van der Waals surface area contributed by atoms with Crippen molar-refractivity contribution in [1.29, 1.82) is 0 Å². The van der Waals surface area contributed by atoms with Crippen molar-refractivity contribution in [3.63, 3.8) is 0 Å². The average Bonchev–Trinajstić information content (AvgIpc) is 2.37. The minimum atomic E-state index is -3.34. The van der Waals surface area contributed by atoms with Crippen LogP contribution in [0.25, 0.3) is 0 Å². The van der Waals surface area contributed by atoms with E-state index < -0.39 is 16.0 Å². The summed E-state index contributed by atoms with van der Waals surface area (Å²) < 4.78 is 31.0. The summed E-state index contributed by atoms with van der Waals surface area (Å²) >= 11 is 0. The molecule has 1 rings (SSSR count). The maximum absolute atomic E-state index is 11.8. The summed E-state index contributed by atoms with van der Waals surface area (Å²) in [6.45, 7) is 5.99. The molecule has 0 spiro atoms. The summed E-state index contributed by atoms with van der Waals surface area (Å²) in [5.41, 5.74) is 0.846. The van der Waals surface area contributed by atoms with Crippen LogP contribution < -0.4 is 4.72 Å². The number of hydrogen-bond donors (Lipinski definition) is 1. The smallest absolute Gasteiger partial charge is 0.338 e. The van der Waals surface area contributed by atoms with Crippen molar-refractivity contribution in [3.05, 3.63) is 29.8 Å². The Bertz CT molecular complexity index is 535. The molecule has 0 unspecified atom stereocenters. The van der Waals surface area contributed by atoms with Crippen LogP contribution in [0.4, 0.5) is 5.69 Å². The number of carbonyl (C=O) groups is 1. The van der Waals surface area contributed by atoms with Crippen molar-refractivity contribution < 1.29 is 17.9 Å². The van der Waals surface area contributed by atoms with Gasteiger partial charge in [0.05, 0.1) is 17.9 Å². The van der Waals surface area contributed by atoms with E-state index in [-0.39, 0.29) is 5.75 Å². The molecule has 1 aromatic carbocycles. The number of rotatable bonds is 7. The van der Waals surface area contributed by atoms with Crippen LogP contribution >= 0.6 is 0 Å². The Balaban J connectivity index is 2.67. The standard InChI is InChI=1S/C14H21NO4S/c1-4-19-14(16)12-5-7-13(8-6-12)15-20(17,18)10-9-11(2)3/h5-8,11,15H,4,9-10H2,1-3H3. The van der Waals surface area contributed by atoms with Gasteiger partial charge in [-0.05, 0) is 43.5 Å². The second kappa shape index (κ2) is 7.28. The van der Waals surface area contributed by atoms with Gasteiger partial charge in [0.25, 0.3) is 0 Å². The predicted molar refractivity (Wildman–Crippen MR) is 79.3 cm³/mol. The fraction of sp³-hybridized carbons (Fsp3) is 0.500.